The zero-order valence-electron chi connectivity index (χ0n) is 10.4. The second-order valence-corrected chi connectivity index (χ2v) is 5.13. The first kappa shape index (κ1) is 11.6. The largest absolute Gasteiger partial charge is 0.326 e. The highest BCUT2D eigenvalue weighted by Gasteiger charge is 2.28. The molecule has 0 radical (unpaired) electrons. The first-order chi connectivity index (χ1) is 7.58. The third-order valence-electron chi connectivity index (χ3n) is 3.28. The lowest BCUT2D eigenvalue weighted by atomic mass is 10.0. The topological polar surface area (TPSA) is 47.1 Å². The maximum absolute atomic E-state index is 6.10. The Morgan fingerprint density at radius 1 is 1.62 bits per heavy atom. The van der Waals surface area contributed by atoms with Gasteiger partial charge in [-0.05, 0) is 32.7 Å². The Morgan fingerprint density at radius 2 is 2.31 bits per heavy atom. The molecule has 1 aromatic heterocycles. The van der Waals surface area contributed by atoms with Crippen LogP contribution in [0.25, 0.3) is 0 Å². The van der Waals surface area contributed by atoms with Crippen molar-refractivity contribution in [3.8, 4) is 0 Å². The van der Waals surface area contributed by atoms with E-state index in [1.807, 2.05) is 17.9 Å². The molecular formula is C12H22N4. The fraction of sp³-hybridized carbons (Fsp3) is 0.750. The van der Waals surface area contributed by atoms with Gasteiger partial charge in [0.2, 0.25) is 0 Å². The molecule has 1 aromatic rings. The van der Waals surface area contributed by atoms with Gasteiger partial charge < -0.3 is 5.73 Å². The number of nitrogens with zero attached hydrogens (tertiary/aromatic N) is 3. The van der Waals surface area contributed by atoms with E-state index in [9.17, 15) is 0 Å². The Kier molecular flexibility index (Phi) is 3.30. The molecule has 1 heterocycles. The van der Waals surface area contributed by atoms with Gasteiger partial charge in [-0.3, -0.25) is 9.58 Å². The van der Waals surface area contributed by atoms with Crippen molar-refractivity contribution < 1.29 is 0 Å². The highest BCUT2D eigenvalue weighted by Crippen LogP contribution is 2.32. The fourth-order valence-electron chi connectivity index (χ4n) is 2.37. The van der Waals surface area contributed by atoms with E-state index in [0.717, 1.165) is 12.5 Å². The minimum Gasteiger partial charge on any atom is -0.326 e. The molecule has 2 unspecified atom stereocenters. The summed E-state index contributed by atoms with van der Waals surface area (Å²) in [6.07, 6.45) is 6.75. The molecule has 0 aromatic carbocycles. The van der Waals surface area contributed by atoms with Crippen molar-refractivity contribution in [3.63, 3.8) is 0 Å². The molecule has 2 atom stereocenters. The van der Waals surface area contributed by atoms with Crippen LogP contribution in [0.5, 0.6) is 0 Å². The number of aromatic nitrogens is 2. The summed E-state index contributed by atoms with van der Waals surface area (Å²) in [5.74, 6) is 0.892. The summed E-state index contributed by atoms with van der Waals surface area (Å²) in [6.45, 7) is 3.22. The first-order valence-corrected chi connectivity index (χ1v) is 6.02. The Bertz CT molecular complexity index is 341. The number of nitrogens with two attached hydrogens (primary N) is 1. The van der Waals surface area contributed by atoms with Crippen LogP contribution in [0.3, 0.4) is 0 Å². The summed E-state index contributed by atoms with van der Waals surface area (Å²) >= 11 is 0. The van der Waals surface area contributed by atoms with Crippen molar-refractivity contribution in [3.05, 3.63) is 18.0 Å². The fourth-order valence-corrected chi connectivity index (χ4v) is 2.37. The second-order valence-electron chi connectivity index (χ2n) is 5.13. The molecule has 0 saturated heterocycles. The predicted octanol–water partition coefficient (Wildman–Crippen LogP) is 1.15. The average Bonchev–Trinajstić information content (AvgIpc) is 2.89. The average molecular weight is 222 g/mol. The van der Waals surface area contributed by atoms with Crippen LogP contribution in [0.15, 0.2) is 12.4 Å². The lowest BCUT2D eigenvalue weighted by molar-refractivity contribution is 0.210. The third kappa shape index (κ3) is 2.62. The zero-order chi connectivity index (χ0) is 11.7. The van der Waals surface area contributed by atoms with Gasteiger partial charge in [-0.1, -0.05) is 0 Å². The zero-order valence-corrected chi connectivity index (χ0v) is 10.4. The quantitative estimate of drug-likeness (QED) is 0.813. The molecule has 4 nitrogen and oxygen atoms in total. The Balaban J connectivity index is 2.08. The maximum atomic E-state index is 6.10. The molecular weight excluding hydrogens is 200 g/mol. The smallest absolute Gasteiger partial charge is 0.0538 e. The minimum absolute atomic E-state index is 0.132. The summed E-state index contributed by atoms with van der Waals surface area (Å²) in [4.78, 5) is 2.37. The van der Waals surface area contributed by atoms with Crippen LogP contribution in [0, 0.1) is 5.92 Å². The van der Waals surface area contributed by atoms with Crippen LogP contribution in [-0.2, 0) is 7.05 Å². The third-order valence-corrected chi connectivity index (χ3v) is 3.28. The molecule has 0 spiro atoms. The summed E-state index contributed by atoms with van der Waals surface area (Å²) in [5.41, 5.74) is 7.32. The van der Waals surface area contributed by atoms with Gasteiger partial charge >= 0.3 is 0 Å². The van der Waals surface area contributed by atoms with Crippen LogP contribution in [0.1, 0.15) is 31.4 Å². The van der Waals surface area contributed by atoms with E-state index in [4.69, 9.17) is 5.73 Å². The summed E-state index contributed by atoms with van der Waals surface area (Å²) in [7, 11) is 4.11. The monoisotopic (exact) mass is 222 g/mol. The minimum atomic E-state index is 0.132. The van der Waals surface area contributed by atoms with Gasteiger partial charge in [-0.25, -0.2) is 0 Å². The number of hydrogen-bond acceptors (Lipinski definition) is 3. The van der Waals surface area contributed by atoms with Crippen molar-refractivity contribution in [2.45, 2.75) is 31.8 Å². The van der Waals surface area contributed by atoms with E-state index in [0.29, 0.717) is 0 Å². The highest BCUT2D eigenvalue weighted by atomic mass is 15.2. The highest BCUT2D eigenvalue weighted by molar-refractivity contribution is 5.13. The normalized spacial score (nSPS) is 20.1. The molecule has 16 heavy (non-hydrogen) atoms. The summed E-state index contributed by atoms with van der Waals surface area (Å²) in [5, 5.41) is 4.23. The van der Waals surface area contributed by atoms with E-state index in [1.165, 1.54) is 18.4 Å². The molecule has 1 saturated carbocycles. The number of aryl methyl sites for hydroxylation is 1. The Labute approximate surface area is 97.4 Å². The maximum Gasteiger partial charge on any atom is 0.0538 e. The Morgan fingerprint density at radius 3 is 2.75 bits per heavy atom. The molecule has 1 fully saturated rings. The molecule has 2 rings (SSSR count). The molecule has 0 amide bonds. The lowest BCUT2D eigenvalue weighted by Gasteiger charge is -2.30. The van der Waals surface area contributed by atoms with Crippen LogP contribution >= 0.6 is 0 Å². The van der Waals surface area contributed by atoms with Crippen molar-refractivity contribution in [2.75, 3.05) is 13.6 Å². The van der Waals surface area contributed by atoms with Crippen LogP contribution < -0.4 is 5.73 Å². The molecule has 4 heteroatoms. The first-order valence-electron chi connectivity index (χ1n) is 6.02. The van der Waals surface area contributed by atoms with Gasteiger partial charge in [0.1, 0.15) is 0 Å². The molecule has 1 aliphatic carbocycles. The standard InChI is InChI=1S/C12H22N4/c1-9(13)12(11-6-14-16(3)8-11)15(2)7-10-4-5-10/h6,8-10,12H,4-5,7,13H2,1-3H3. The second kappa shape index (κ2) is 4.55. The number of hydrogen-bond donors (Lipinski definition) is 1. The molecule has 0 bridgehead atoms. The van der Waals surface area contributed by atoms with Crippen LogP contribution in [0.4, 0.5) is 0 Å². The summed E-state index contributed by atoms with van der Waals surface area (Å²) in [6, 6.07) is 0.419. The van der Waals surface area contributed by atoms with E-state index >= 15 is 0 Å². The number of rotatable bonds is 5. The molecule has 1 aliphatic rings. The number of likely N-dealkylation sites (N-methyl/N-ethyl adjacent to an activating group) is 1. The van der Waals surface area contributed by atoms with Gasteiger partial charge in [0.05, 0.1) is 12.2 Å². The van der Waals surface area contributed by atoms with Crippen molar-refractivity contribution in [2.24, 2.45) is 18.7 Å². The summed E-state index contributed by atoms with van der Waals surface area (Å²) < 4.78 is 1.84. The van der Waals surface area contributed by atoms with Crippen molar-refractivity contribution in [1.82, 2.24) is 14.7 Å². The Hall–Kier alpha value is -0.870. The van der Waals surface area contributed by atoms with Gasteiger partial charge in [0.15, 0.2) is 0 Å². The van der Waals surface area contributed by atoms with Gasteiger partial charge in [-0.15, -0.1) is 0 Å². The SMILES string of the molecule is CC(N)C(c1cnn(C)c1)N(C)CC1CC1. The van der Waals surface area contributed by atoms with Crippen molar-refractivity contribution >= 4 is 0 Å². The van der Waals surface area contributed by atoms with E-state index in [2.05, 4.69) is 30.2 Å². The van der Waals surface area contributed by atoms with E-state index in [-0.39, 0.29) is 12.1 Å². The van der Waals surface area contributed by atoms with Crippen LogP contribution in [0.2, 0.25) is 0 Å². The van der Waals surface area contributed by atoms with Crippen LogP contribution in [-0.4, -0.2) is 34.3 Å². The molecule has 0 aliphatic heterocycles. The van der Waals surface area contributed by atoms with Crippen molar-refractivity contribution in [1.29, 1.82) is 0 Å². The van der Waals surface area contributed by atoms with Gasteiger partial charge in [-0.2, -0.15) is 5.10 Å². The molecule has 90 valence electrons. The van der Waals surface area contributed by atoms with E-state index in [1.54, 1.807) is 0 Å². The molecule has 2 N–H and O–H groups in total. The lowest BCUT2D eigenvalue weighted by Crippen LogP contribution is -2.38. The van der Waals surface area contributed by atoms with Gasteiger partial charge in [0, 0.05) is 31.4 Å². The van der Waals surface area contributed by atoms with Gasteiger partial charge in [0.25, 0.3) is 0 Å². The van der Waals surface area contributed by atoms with E-state index < -0.39 is 0 Å². The predicted molar refractivity (Wildman–Crippen MR) is 65.0 cm³/mol.